The summed E-state index contributed by atoms with van der Waals surface area (Å²) in [4.78, 5) is 32.2. The van der Waals surface area contributed by atoms with Gasteiger partial charge >= 0.3 is 11.9 Å². The van der Waals surface area contributed by atoms with Crippen molar-refractivity contribution in [1.82, 2.24) is 10.2 Å². The van der Waals surface area contributed by atoms with Crippen LogP contribution >= 0.6 is 0 Å². The lowest BCUT2D eigenvalue weighted by atomic mass is 9.84. The number of nitrogens with zero attached hydrogens (tertiary/aromatic N) is 1. The fraction of sp³-hybridized carbons (Fsp3) is 0.864. The molecule has 172 valence electrons. The molecule has 2 N–H and O–H groups in total. The van der Waals surface area contributed by atoms with E-state index >= 15 is 0 Å². The molecule has 1 fully saturated rings. The van der Waals surface area contributed by atoms with Crippen LogP contribution in [0.2, 0.25) is 0 Å². The SMILES string of the molecule is C=O.CCCC(NC(C)C)C(=O)OCC.CN(C)C(CC1CCCCC1)C(=O)O. The van der Waals surface area contributed by atoms with Gasteiger partial charge in [0.25, 0.3) is 0 Å². The van der Waals surface area contributed by atoms with Crippen LogP contribution in [0.4, 0.5) is 0 Å². The lowest BCUT2D eigenvalue weighted by Gasteiger charge is -2.27. The number of hydrogen-bond donors (Lipinski definition) is 2. The van der Waals surface area contributed by atoms with Crippen molar-refractivity contribution in [2.75, 3.05) is 20.7 Å². The maximum Gasteiger partial charge on any atom is 0.323 e. The molecule has 0 aliphatic heterocycles. The molecule has 7 nitrogen and oxygen atoms in total. The van der Waals surface area contributed by atoms with Gasteiger partial charge in [0.05, 0.1) is 6.61 Å². The van der Waals surface area contributed by atoms with E-state index in [0.29, 0.717) is 18.6 Å². The average Bonchev–Trinajstić information content (AvgIpc) is 2.68. The Morgan fingerprint density at radius 3 is 2.07 bits per heavy atom. The third kappa shape index (κ3) is 15.1. The molecule has 1 aliphatic carbocycles. The van der Waals surface area contributed by atoms with Crippen LogP contribution in [-0.2, 0) is 19.1 Å². The van der Waals surface area contributed by atoms with Crippen molar-refractivity contribution in [1.29, 1.82) is 0 Å². The van der Waals surface area contributed by atoms with Gasteiger partial charge in [0.2, 0.25) is 0 Å². The monoisotopic (exact) mass is 416 g/mol. The topological polar surface area (TPSA) is 95.9 Å². The zero-order chi connectivity index (χ0) is 22.8. The molecule has 0 heterocycles. The summed E-state index contributed by atoms with van der Waals surface area (Å²) in [5.41, 5.74) is 0. The first-order valence-electron chi connectivity index (χ1n) is 10.8. The Labute approximate surface area is 177 Å². The van der Waals surface area contributed by atoms with Gasteiger partial charge < -0.3 is 20.0 Å². The van der Waals surface area contributed by atoms with Gasteiger partial charge in [-0.15, -0.1) is 0 Å². The zero-order valence-electron chi connectivity index (χ0n) is 19.4. The molecule has 1 saturated carbocycles. The van der Waals surface area contributed by atoms with Crippen LogP contribution in [-0.4, -0.2) is 67.6 Å². The fourth-order valence-electron chi connectivity index (χ4n) is 3.47. The van der Waals surface area contributed by atoms with E-state index in [1.54, 1.807) is 0 Å². The molecular formula is C22H44N2O5. The summed E-state index contributed by atoms with van der Waals surface area (Å²) in [5, 5.41) is 12.2. The van der Waals surface area contributed by atoms with Crippen LogP contribution in [0.1, 0.15) is 79.1 Å². The molecule has 29 heavy (non-hydrogen) atoms. The van der Waals surface area contributed by atoms with Gasteiger partial charge in [-0.3, -0.25) is 14.5 Å². The van der Waals surface area contributed by atoms with E-state index in [-0.39, 0.29) is 18.1 Å². The molecule has 2 unspecified atom stereocenters. The zero-order valence-corrected chi connectivity index (χ0v) is 19.4. The first-order valence-corrected chi connectivity index (χ1v) is 10.8. The van der Waals surface area contributed by atoms with Crippen molar-refractivity contribution >= 4 is 18.7 Å². The normalized spacial score (nSPS) is 16.1. The number of carboxylic acids is 1. The summed E-state index contributed by atoms with van der Waals surface area (Å²) in [6.07, 6.45) is 8.99. The highest BCUT2D eigenvalue weighted by Crippen LogP contribution is 2.28. The molecule has 1 aliphatic rings. The summed E-state index contributed by atoms with van der Waals surface area (Å²) in [5.74, 6) is -0.175. The maximum absolute atomic E-state index is 11.4. The molecule has 7 heteroatoms. The third-order valence-electron chi connectivity index (χ3n) is 4.87. The van der Waals surface area contributed by atoms with Gasteiger partial charge in [0.1, 0.15) is 18.9 Å². The van der Waals surface area contributed by atoms with E-state index in [1.807, 2.05) is 46.6 Å². The van der Waals surface area contributed by atoms with Gasteiger partial charge in [0, 0.05) is 6.04 Å². The Bertz CT molecular complexity index is 423. The summed E-state index contributed by atoms with van der Waals surface area (Å²) in [6, 6.07) is -0.107. The number of rotatable bonds is 10. The predicted octanol–water partition coefficient (Wildman–Crippen LogP) is 3.50. The highest BCUT2D eigenvalue weighted by atomic mass is 16.5. The van der Waals surface area contributed by atoms with Crippen LogP contribution in [0.25, 0.3) is 0 Å². The highest BCUT2D eigenvalue weighted by molar-refractivity contribution is 5.75. The second-order valence-corrected chi connectivity index (χ2v) is 7.97. The molecule has 1 rings (SSSR count). The molecule has 0 amide bonds. The minimum absolute atomic E-state index is 0.127. The van der Waals surface area contributed by atoms with Crippen LogP contribution in [0.15, 0.2) is 0 Å². The summed E-state index contributed by atoms with van der Waals surface area (Å²) in [7, 11) is 3.70. The Hall–Kier alpha value is -1.47. The van der Waals surface area contributed by atoms with Crippen molar-refractivity contribution in [3.8, 4) is 0 Å². The molecule has 0 saturated heterocycles. The number of ether oxygens (including phenoxy) is 1. The van der Waals surface area contributed by atoms with Gasteiger partial charge in [-0.25, -0.2) is 0 Å². The van der Waals surface area contributed by atoms with E-state index in [2.05, 4.69) is 12.2 Å². The molecular weight excluding hydrogens is 372 g/mol. The van der Waals surface area contributed by atoms with Crippen LogP contribution < -0.4 is 5.32 Å². The molecule has 0 aromatic carbocycles. The third-order valence-corrected chi connectivity index (χ3v) is 4.87. The highest BCUT2D eigenvalue weighted by Gasteiger charge is 2.25. The molecule has 0 bridgehead atoms. The van der Waals surface area contributed by atoms with Crippen LogP contribution in [0.5, 0.6) is 0 Å². The number of nitrogens with one attached hydrogen (secondary N) is 1. The van der Waals surface area contributed by atoms with Gasteiger partial charge in [-0.2, -0.15) is 0 Å². The maximum atomic E-state index is 11.4. The molecule has 0 aromatic heterocycles. The lowest BCUT2D eigenvalue weighted by Crippen LogP contribution is -2.41. The number of carbonyl (C=O) groups excluding carboxylic acids is 2. The summed E-state index contributed by atoms with van der Waals surface area (Å²) >= 11 is 0. The van der Waals surface area contributed by atoms with Gasteiger partial charge in [-0.05, 0) is 39.8 Å². The van der Waals surface area contributed by atoms with Crippen LogP contribution in [0, 0.1) is 5.92 Å². The Balaban J connectivity index is 0. The first-order chi connectivity index (χ1) is 13.7. The quantitative estimate of drug-likeness (QED) is 0.526. The smallest absolute Gasteiger partial charge is 0.323 e. The number of esters is 1. The second-order valence-electron chi connectivity index (χ2n) is 7.97. The van der Waals surface area contributed by atoms with E-state index < -0.39 is 5.97 Å². The number of carboxylic acid groups (broad SMARTS) is 1. The van der Waals surface area contributed by atoms with Crippen molar-refractivity contribution in [3.05, 3.63) is 0 Å². The standard InChI is InChI=1S/C11H21NO2.C10H21NO2.CH2O/c1-12(2)10(11(13)14)8-9-6-4-3-5-7-9;1-5-7-9(11-8(3)4)10(12)13-6-2;1-2/h9-10H,3-8H2,1-2H3,(H,13,14);8-9,11H,5-7H2,1-4H3;1H2. The van der Waals surface area contributed by atoms with Crippen molar-refractivity contribution in [3.63, 3.8) is 0 Å². The van der Waals surface area contributed by atoms with E-state index in [1.165, 1.54) is 32.1 Å². The second kappa shape index (κ2) is 18.6. The number of hydrogen-bond acceptors (Lipinski definition) is 6. The molecule has 2 atom stereocenters. The number of aliphatic carboxylic acids is 1. The Morgan fingerprint density at radius 2 is 1.69 bits per heavy atom. The Kier molecular flexibility index (Phi) is 19.0. The number of likely N-dealkylation sites (N-methyl/N-ethyl adjacent to an activating group) is 1. The predicted molar refractivity (Wildman–Crippen MR) is 117 cm³/mol. The van der Waals surface area contributed by atoms with E-state index in [9.17, 15) is 9.59 Å². The minimum atomic E-state index is -0.680. The van der Waals surface area contributed by atoms with Crippen molar-refractivity contribution < 1.29 is 24.2 Å². The van der Waals surface area contributed by atoms with E-state index in [4.69, 9.17) is 14.6 Å². The Morgan fingerprint density at radius 1 is 1.14 bits per heavy atom. The van der Waals surface area contributed by atoms with Crippen LogP contribution in [0.3, 0.4) is 0 Å². The first kappa shape index (κ1) is 29.7. The summed E-state index contributed by atoms with van der Waals surface area (Å²) in [6.45, 7) is 10.4. The van der Waals surface area contributed by atoms with Gasteiger partial charge in [-0.1, -0.05) is 59.3 Å². The van der Waals surface area contributed by atoms with E-state index in [0.717, 1.165) is 19.3 Å². The molecule has 0 radical (unpaired) electrons. The molecule has 0 spiro atoms. The average molecular weight is 417 g/mol. The van der Waals surface area contributed by atoms with Crippen molar-refractivity contribution in [2.24, 2.45) is 5.92 Å². The lowest BCUT2D eigenvalue weighted by molar-refractivity contribution is -0.146. The van der Waals surface area contributed by atoms with Gasteiger partial charge in [0.15, 0.2) is 0 Å². The summed E-state index contributed by atoms with van der Waals surface area (Å²) < 4.78 is 4.96. The van der Waals surface area contributed by atoms with Crippen molar-refractivity contribution in [2.45, 2.75) is 97.2 Å². The molecule has 0 aromatic rings. The number of carbonyl (C=O) groups is 3. The largest absolute Gasteiger partial charge is 0.480 e. The fourth-order valence-corrected chi connectivity index (χ4v) is 3.47. The minimum Gasteiger partial charge on any atom is -0.480 e.